The molecule has 2 saturated heterocycles. The van der Waals surface area contributed by atoms with Gasteiger partial charge in [0.2, 0.25) is 5.91 Å². The highest BCUT2D eigenvalue weighted by Crippen LogP contribution is 2.56. The van der Waals surface area contributed by atoms with E-state index >= 15 is 4.57 Å². The third-order valence-corrected chi connectivity index (χ3v) is 13.3. The van der Waals surface area contributed by atoms with Crippen molar-refractivity contribution in [3.8, 4) is 6.07 Å². The van der Waals surface area contributed by atoms with E-state index in [9.17, 15) is 53.2 Å². The SMILES string of the molecule is COC(=O)C1(OP(=O)(OCCC#N)OC[C@H]2O[C@@H](n3ccc(NC(=O)c4ccccc4)nc3=O)[C@H](OC(=O)c3ccccc3)[C@@H]2OC(=O)c2ccccc2)C[C@H](OC(C)=O)[C@@H](NC(C)=O)[C@@H]([C@H](OC(C)=O)[C@@H](COC(C)=O)OC(C)=O)O1. The van der Waals surface area contributed by atoms with E-state index in [1.165, 1.54) is 66.7 Å². The molecule has 1 aromatic heterocycles. The van der Waals surface area contributed by atoms with Gasteiger partial charge in [-0.15, -0.1) is 0 Å². The van der Waals surface area contributed by atoms with Crippen molar-refractivity contribution in [2.24, 2.45) is 0 Å². The summed E-state index contributed by atoms with van der Waals surface area (Å²) in [6.07, 6.45) is -15.6. The molecule has 2 aliphatic heterocycles. The Hall–Kier alpha value is -8.71. The lowest BCUT2D eigenvalue weighted by Gasteiger charge is -2.48. The molecule has 2 aliphatic rings. The van der Waals surface area contributed by atoms with E-state index in [4.69, 9.17) is 56.2 Å². The van der Waals surface area contributed by atoms with E-state index < -0.39 is 161 Å². The Morgan fingerprint density at radius 1 is 0.768 bits per heavy atom. The fourth-order valence-corrected chi connectivity index (χ4v) is 9.83. The normalized spacial score (nSPS) is 22.4. The van der Waals surface area contributed by atoms with E-state index in [0.29, 0.717) is 0 Å². The predicted octanol–water partition coefficient (Wildman–Crippen LogP) is 3.44. The van der Waals surface area contributed by atoms with Crippen LogP contribution in [0.15, 0.2) is 108 Å². The van der Waals surface area contributed by atoms with E-state index in [1.807, 2.05) is 0 Å². The van der Waals surface area contributed by atoms with Crippen LogP contribution in [-0.4, -0.2) is 145 Å². The molecule has 2 fully saturated rings. The summed E-state index contributed by atoms with van der Waals surface area (Å²) in [6, 6.07) is 24.1. The molecule has 0 bridgehead atoms. The van der Waals surface area contributed by atoms with Crippen LogP contribution in [0.4, 0.5) is 5.82 Å². The third-order valence-electron chi connectivity index (χ3n) is 11.8. The Balaban J connectivity index is 1.47. The molecule has 28 nitrogen and oxygen atoms in total. The van der Waals surface area contributed by atoms with Gasteiger partial charge in [-0.2, -0.15) is 10.2 Å². The Labute approximate surface area is 467 Å². The first-order valence-electron chi connectivity index (χ1n) is 24.8. The minimum atomic E-state index is -5.64. The summed E-state index contributed by atoms with van der Waals surface area (Å²) in [5.74, 6) is -12.7. The van der Waals surface area contributed by atoms with Gasteiger partial charge in [0.25, 0.3) is 11.7 Å². The molecule has 6 rings (SSSR count). The summed E-state index contributed by atoms with van der Waals surface area (Å²) in [5, 5.41) is 14.5. The number of aromatic nitrogens is 2. The number of benzene rings is 3. The van der Waals surface area contributed by atoms with Crippen molar-refractivity contribution in [2.75, 3.05) is 32.2 Å². The number of carbonyl (C=O) groups excluding carboxylic acids is 9. The second-order valence-electron chi connectivity index (χ2n) is 17.9. The number of ether oxygens (including phenoxy) is 9. The fraction of sp³-hybridized carbons (Fsp3) is 0.396. The molecule has 436 valence electrons. The van der Waals surface area contributed by atoms with Crippen LogP contribution in [0.1, 0.15) is 84.8 Å². The number of phosphoric ester groups is 1. The Morgan fingerprint density at radius 3 is 1.88 bits per heavy atom. The predicted molar refractivity (Wildman–Crippen MR) is 274 cm³/mol. The van der Waals surface area contributed by atoms with Crippen LogP contribution in [0.25, 0.3) is 0 Å². The van der Waals surface area contributed by atoms with Gasteiger partial charge in [0.1, 0.15) is 30.7 Å². The lowest BCUT2D eigenvalue weighted by Crippen LogP contribution is -2.69. The molecule has 82 heavy (non-hydrogen) atoms. The summed E-state index contributed by atoms with van der Waals surface area (Å²) >= 11 is 0. The topological polar surface area (TPSA) is 364 Å². The highest BCUT2D eigenvalue weighted by Gasteiger charge is 2.62. The van der Waals surface area contributed by atoms with Gasteiger partial charge in [0.15, 0.2) is 30.6 Å². The van der Waals surface area contributed by atoms with Gasteiger partial charge < -0.3 is 53.3 Å². The van der Waals surface area contributed by atoms with E-state index in [1.54, 1.807) is 36.4 Å². The molecule has 3 aromatic carbocycles. The van der Waals surface area contributed by atoms with Crippen molar-refractivity contribution in [2.45, 2.75) is 108 Å². The lowest BCUT2D eigenvalue weighted by atomic mass is 9.88. The molecule has 0 spiro atoms. The maximum absolute atomic E-state index is 15.5. The van der Waals surface area contributed by atoms with Gasteiger partial charge in [-0.25, -0.2) is 28.3 Å². The minimum absolute atomic E-state index is 0.0180. The number of esters is 7. The maximum Gasteiger partial charge on any atom is 0.477 e. The molecule has 4 aromatic rings. The lowest BCUT2D eigenvalue weighted by molar-refractivity contribution is -0.294. The van der Waals surface area contributed by atoms with Crippen LogP contribution in [0.3, 0.4) is 0 Å². The fourth-order valence-electron chi connectivity index (χ4n) is 8.45. The van der Waals surface area contributed by atoms with Crippen molar-refractivity contribution >= 4 is 67.2 Å². The molecule has 2 unspecified atom stereocenters. The maximum atomic E-state index is 15.5. The zero-order chi connectivity index (χ0) is 59.7. The highest BCUT2D eigenvalue weighted by atomic mass is 31.2. The number of amides is 2. The van der Waals surface area contributed by atoms with Crippen LogP contribution < -0.4 is 16.3 Å². The second kappa shape index (κ2) is 28.6. The second-order valence-corrected chi connectivity index (χ2v) is 19.5. The minimum Gasteiger partial charge on any atom is -0.465 e. The van der Waals surface area contributed by atoms with Crippen LogP contribution in [0.5, 0.6) is 0 Å². The number of hydrogen-bond donors (Lipinski definition) is 2. The largest absolute Gasteiger partial charge is 0.477 e. The molecular weight excluding hydrogens is 1110 g/mol. The molecular formula is C53H56N5O23P. The highest BCUT2D eigenvalue weighted by molar-refractivity contribution is 7.48. The standard InChI is InChI=1S/C53H56N5O23P/c1-30(59)55-42-38(74-32(3)61)27-53(51(67)70-6,80-45(42)43(76-34(5)63)39(75-33(4)62)28-71-31(2)60)81-82(69,72-26-16-24-54)73-29-40-44(78-49(65)36-19-12-8-13-20-36)46(79-50(66)37-21-14-9-15-22-37)48(77-40)58-25-23-41(57-52(58)68)56-47(64)35-17-10-7-11-18-35/h7-15,17-23,25,38-40,42-46,48H,16,26-29H2,1-6H3,(H,55,59)(H,56,57,64,68)/t38-,39+,40+,42+,43+,44+,45-,46+,48+,53?,82?/m0/s1. The number of hydrogen-bond acceptors (Lipinski definition) is 25. The first-order chi connectivity index (χ1) is 39.0. The molecule has 3 heterocycles. The summed E-state index contributed by atoms with van der Waals surface area (Å²) in [7, 11) is -4.83. The Morgan fingerprint density at radius 2 is 1.35 bits per heavy atom. The number of nitriles is 1. The average Bonchev–Trinajstić information content (AvgIpc) is 2.26. The smallest absolute Gasteiger partial charge is 0.465 e. The summed E-state index contributed by atoms with van der Waals surface area (Å²) in [6.45, 7) is 2.01. The number of phosphoric acid groups is 1. The van der Waals surface area contributed by atoms with Crippen LogP contribution in [-0.2, 0) is 89.5 Å². The molecule has 11 atom stereocenters. The number of carbonyl (C=O) groups is 9. The van der Waals surface area contributed by atoms with Gasteiger partial charge in [-0.1, -0.05) is 54.6 Å². The molecule has 29 heteroatoms. The van der Waals surface area contributed by atoms with Crippen LogP contribution >= 0.6 is 7.82 Å². The third kappa shape index (κ3) is 16.7. The molecule has 2 amide bonds. The molecule has 2 N–H and O–H groups in total. The van der Waals surface area contributed by atoms with Gasteiger partial charge in [-0.05, 0) is 42.5 Å². The molecule has 0 aliphatic carbocycles. The van der Waals surface area contributed by atoms with Crippen LogP contribution in [0.2, 0.25) is 0 Å². The summed E-state index contributed by atoms with van der Waals surface area (Å²) < 4.78 is 85.2. The number of nitrogens with zero attached hydrogens (tertiary/aromatic N) is 3. The van der Waals surface area contributed by atoms with E-state index in [2.05, 4.69) is 15.6 Å². The summed E-state index contributed by atoms with van der Waals surface area (Å²) in [5.41, 5.74) is -0.939. The molecule has 0 radical (unpaired) electrons. The van der Waals surface area contributed by atoms with Gasteiger partial charge in [0, 0.05) is 46.4 Å². The van der Waals surface area contributed by atoms with Crippen molar-refractivity contribution in [1.29, 1.82) is 5.26 Å². The number of methoxy groups -OCH3 is 1. The van der Waals surface area contributed by atoms with E-state index in [0.717, 1.165) is 52.5 Å². The van der Waals surface area contributed by atoms with Gasteiger partial charge in [0.05, 0.1) is 56.4 Å². The zero-order valence-electron chi connectivity index (χ0n) is 44.7. The van der Waals surface area contributed by atoms with E-state index in [-0.39, 0.29) is 22.5 Å². The van der Waals surface area contributed by atoms with Gasteiger partial charge in [-0.3, -0.25) is 42.4 Å². The first kappa shape index (κ1) is 62.5. The van der Waals surface area contributed by atoms with Crippen molar-refractivity contribution in [1.82, 2.24) is 14.9 Å². The number of anilines is 1. The summed E-state index contributed by atoms with van der Waals surface area (Å²) in [4.78, 5) is 137. The average molecular weight is 1160 g/mol. The molecule has 0 saturated carbocycles. The van der Waals surface area contributed by atoms with Crippen molar-refractivity contribution in [3.05, 3.63) is 130 Å². The van der Waals surface area contributed by atoms with Crippen molar-refractivity contribution in [3.63, 3.8) is 0 Å². The number of nitrogens with one attached hydrogen (secondary N) is 2. The monoisotopic (exact) mass is 1160 g/mol. The Kier molecular flexibility index (Phi) is 21.8. The van der Waals surface area contributed by atoms with Crippen LogP contribution in [0, 0.1) is 11.3 Å². The number of rotatable bonds is 24. The Bertz CT molecular complexity index is 3120. The quantitative estimate of drug-likeness (QED) is 0.0439. The first-order valence-corrected chi connectivity index (χ1v) is 26.3. The van der Waals surface area contributed by atoms with Crippen molar-refractivity contribution < 1.29 is 104 Å². The zero-order valence-corrected chi connectivity index (χ0v) is 45.6. The van der Waals surface area contributed by atoms with Gasteiger partial charge >= 0.3 is 55.3 Å².